The lowest BCUT2D eigenvalue weighted by atomic mass is 10.1. The minimum Gasteiger partial charge on any atom is -0.497 e. The number of anilines is 2. The predicted molar refractivity (Wildman–Crippen MR) is 150 cm³/mol. The van der Waals surface area contributed by atoms with Crippen LogP contribution in [0.3, 0.4) is 0 Å². The Morgan fingerprint density at radius 3 is 2.61 bits per heavy atom. The maximum absolute atomic E-state index is 13.3. The van der Waals surface area contributed by atoms with Crippen molar-refractivity contribution in [2.45, 2.75) is 32.4 Å². The van der Waals surface area contributed by atoms with Gasteiger partial charge in [-0.05, 0) is 61.0 Å². The lowest BCUT2D eigenvalue weighted by Crippen LogP contribution is -2.31. The molecule has 1 N–H and O–H groups in total. The van der Waals surface area contributed by atoms with Gasteiger partial charge in [-0.3, -0.25) is 9.78 Å². The molecule has 1 amide bonds. The van der Waals surface area contributed by atoms with Crippen LogP contribution in [0.15, 0.2) is 72.2 Å². The molecule has 188 valence electrons. The molecule has 0 saturated heterocycles. The van der Waals surface area contributed by atoms with Crippen LogP contribution in [0.25, 0.3) is 10.9 Å². The maximum atomic E-state index is 13.3. The van der Waals surface area contributed by atoms with Gasteiger partial charge in [0.1, 0.15) is 5.75 Å². The first-order valence-corrected chi connectivity index (χ1v) is 13.1. The average molecular weight is 503 g/mol. The average Bonchev–Trinajstić information content (AvgIpc) is 3.43. The van der Waals surface area contributed by atoms with Crippen molar-refractivity contribution >= 4 is 39.5 Å². The van der Waals surface area contributed by atoms with Gasteiger partial charge in [-0.15, -0.1) is 11.3 Å². The number of amides is 1. The summed E-state index contributed by atoms with van der Waals surface area (Å²) in [5.41, 5.74) is 4.17. The highest BCUT2D eigenvalue weighted by Gasteiger charge is 2.18. The van der Waals surface area contributed by atoms with E-state index in [-0.39, 0.29) is 11.9 Å². The van der Waals surface area contributed by atoms with E-state index in [1.54, 1.807) is 7.11 Å². The highest BCUT2D eigenvalue weighted by atomic mass is 32.1. The molecule has 1 unspecified atom stereocenters. The second-order valence-electron chi connectivity index (χ2n) is 9.20. The number of benzene rings is 2. The molecule has 2 aromatic heterocycles. The van der Waals surface area contributed by atoms with Crippen molar-refractivity contribution in [1.29, 1.82) is 0 Å². The summed E-state index contributed by atoms with van der Waals surface area (Å²) in [6, 6.07) is 20.4. The van der Waals surface area contributed by atoms with Crippen molar-refractivity contribution < 1.29 is 9.53 Å². The Bertz CT molecular complexity index is 1270. The predicted octanol–water partition coefficient (Wildman–Crippen LogP) is 6.29. The topological polar surface area (TPSA) is 57.7 Å². The van der Waals surface area contributed by atoms with Crippen LogP contribution >= 0.6 is 11.3 Å². The second kappa shape index (κ2) is 11.9. The highest BCUT2D eigenvalue weighted by molar-refractivity contribution is 7.12. The van der Waals surface area contributed by atoms with Gasteiger partial charge in [0, 0.05) is 56.6 Å². The molecule has 2 heterocycles. The molecule has 0 fully saturated rings. The third kappa shape index (κ3) is 6.34. The normalized spacial score (nSPS) is 11.8. The third-order valence-corrected chi connectivity index (χ3v) is 7.08. The Kier molecular flexibility index (Phi) is 8.44. The Hall–Kier alpha value is -3.58. The molecule has 4 aromatic rings. The Morgan fingerprint density at radius 2 is 1.92 bits per heavy atom. The van der Waals surface area contributed by atoms with Gasteiger partial charge >= 0.3 is 0 Å². The SMILES string of the molecule is COc1cc(NC(C)CCCN(Cc2ccc(N(C)C)cc2)C(=O)c2cccs2)c2ncccc2c1. The van der Waals surface area contributed by atoms with E-state index in [2.05, 4.69) is 46.4 Å². The van der Waals surface area contributed by atoms with Crippen molar-refractivity contribution in [2.24, 2.45) is 0 Å². The molecule has 1 atom stereocenters. The number of carbonyl (C=O) groups excluding carboxylic acids is 1. The van der Waals surface area contributed by atoms with Gasteiger partial charge < -0.3 is 19.9 Å². The number of methoxy groups -OCH3 is 1. The van der Waals surface area contributed by atoms with Crippen molar-refractivity contribution in [3.05, 3.63) is 82.7 Å². The Balaban J connectivity index is 1.41. The minimum atomic E-state index is 0.0882. The second-order valence-corrected chi connectivity index (χ2v) is 10.2. The standard InChI is InChI=1S/C29H34N4O2S/c1-21(31-26-19-25(35-4)18-23-9-5-15-30-28(23)26)8-6-16-33(29(34)27-10-7-17-36-27)20-22-11-13-24(14-12-22)32(2)3/h5,7,9-15,17-19,21,31H,6,8,16,20H2,1-4H3. The molecule has 4 rings (SSSR count). The number of ether oxygens (including phenoxy) is 1. The van der Waals surface area contributed by atoms with E-state index < -0.39 is 0 Å². The van der Waals surface area contributed by atoms with Crippen LogP contribution in [-0.2, 0) is 6.54 Å². The Labute approximate surface area is 217 Å². The smallest absolute Gasteiger partial charge is 0.264 e. The number of carbonyl (C=O) groups is 1. The van der Waals surface area contributed by atoms with Crippen LogP contribution in [0.4, 0.5) is 11.4 Å². The van der Waals surface area contributed by atoms with Crippen LogP contribution in [-0.4, -0.2) is 49.6 Å². The fourth-order valence-corrected chi connectivity index (χ4v) is 4.94. The van der Waals surface area contributed by atoms with Gasteiger partial charge in [0.15, 0.2) is 0 Å². The highest BCUT2D eigenvalue weighted by Crippen LogP contribution is 2.28. The van der Waals surface area contributed by atoms with Gasteiger partial charge in [-0.1, -0.05) is 24.3 Å². The van der Waals surface area contributed by atoms with Crippen LogP contribution in [0.5, 0.6) is 5.75 Å². The summed E-state index contributed by atoms with van der Waals surface area (Å²) in [7, 11) is 5.74. The number of pyridine rings is 1. The lowest BCUT2D eigenvalue weighted by molar-refractivity contribution is 0.0744. The summed E-state index contributed by atoms with van der Waals surface area (Å²) in [5, 5.41) is 6.60. The van der Waals surface area contributed by atoms with Gasteiger partial charge in [0.2, 0.25) is 0 Å². The first kappa shape index (κ1) is 25.5. The summed E-state index contributed by atoms with van der Waals surface area (Å²) in [6.07, 6.45) is 3.61. The molecule has 0 aliphatic heterocycles. The van der Waals surface area contributed by atoms with Crippen molar-refractivity contribution in [2.75, 3.05) is 38.0 Å². The summed E-state index contributed by atoms with van der Waals surface area (Å²) < 4.78 is 5.48. The molecule has 0 spiro atoms. The number of thiophene rings is 1. The van der Waals surface area contributed by atoms with Gasteiger partial charge in [0.05, 0.1) is 23.2 Å². The minimum absolute atomic E-state index is 0.0882. The quantitative estimate of drug-likeness (QED) is 0.261. The fourth-order valence-electron chi connectivity index (χ4n) is 4.25. The van der Waals surface area contributed by atoms with Crippen LogP contribution < -0.4 is 15.0 Å². The molecule has 6 nitrogen and oxygen atoms in total. The van der Waals surface area contributed by atoms with Gasteiger partial charge in [0.25, 0.3) is 5.91 Å². The molecule has 2 aromatic carbocycles. The van der Waals surface area contributed by atoms with E-state index >= 15 is 0 Å². The van der Waals surface area contributed by atoms with Crippen LogP contribution in [0.1, 0.15) is 35.0 Å². The number of hydrogen-bond acceptors (Lipinski definition) is 6. The molecule has 36 heavy (non-hydrogen) atoms. The molecule has 0 radical (unpaired) electrons. The fraction of sp³-hybridized carbons (Fsp3) is 0.310. The molecular weight excluding hydrogens is 468 g/mol. The number of hydrogen-bond donors (Lipinski definition) is 1. The first-order chi connectivity index (χ1) is 17.4. The molecule has 7 heteroatoms. The number of fused-ring (bicyclic) bond motifs is 1. The zero-order chi connectivity index (χ0) is 25.5. The zero-order valence-corrected chi connectivity index (χ0v) is 22.2. The molecular formula is C29H34N4O2S. The lowest BCUT2D eigenvalue weighted by Gasteiger charge is -2.24. The number of aromatic nitrogens is 1. The number of rotatable bonds is 11. The zero-order valence-electron chi connectivity index (χ0n) is 21.4. The van der Waals surface area contributed by atoms with E-state index in [0.717, 1.165) is 51.3 Å². The van der Waals surface area contributed by atoms with E-state index in [9.17, 15) is 4.79 Å². The van der Waals surface area contributed by atoms with E-state index in [4.69, 9.17) is 4.74 Å². The van der Waals surface area contributed by atoms with E-state index in [1.165, 1.54) is 11.3 Å². The van der Waals surface area contributed by atoms with Crippen LogP contribution in [0, 0.1) is 0 Å². The molecule has 0 saturated carbocycles. The van der Waals surface area contributed by atoms with Gasteiger partial charge in [-0.2, -0.15) is 0 Å². The van der Waals surface area contributed by atoms with E-state index in [1.807, 2.05) is 67.0 Å². The first-order valence-electron chi connectivity index (χ1n) is 12.2. The third-order valence-electron chi connectivity index (χ3n) is 6.23. The Morgan fingerprint density at radius 1 is 1.11 bits per heavy atom. The van der Waals surface area contributed by atoms with Gasteiger partial charge in [-0.25, -0.2) is 0 Å². The van der Waals surface area contributed by atoms with Crippen molar-refractivity contribution in [3.8, 4) is 5.75 Å². The monoisotopic (exact) mass is 502 g/mol. The number of nitrogens with one attached hydrogen (secondary N) is 1. The summed E-state index contributed by atoms with van der Waals surface area (Å²) in [4.78, 5) is 22.6. The summed E-state index contributed by atoms with van der Waals surface area (Å²) in [5.74, 6) is 0.892. The molecule has 0 aliphatic rings. The molecule has 0 aliphatic carbocycles. The van der Waals surface area contributed by atoms with Crippen molar-refractivity contribution in [1.82, 2.24) is 9.88 Å². The van der Waals surface area contributed by atoms with Crippen molar-refractivity contribution in [3.63, 3.8) is 0 Å². The summed E-state index contributed by atoms with van der Waals surface area (Å²) >= 11 is 1.49. The summed E-state index contributed by atoms with van der Waals surface area (Å²) in [6.45, 7) is 3.45. The maximum Gasteiger partial charge on any atom is 0.264 e. The van der Waals surface area contributed by atoms with Crippen LogP contribution in [0.2, 0.25) is 0 Å². The largest absolute Gasteiger partial charge is 0.497 e. The molecule has 0 bridgehead atoms. The number of nitrogens with zero attached hydrogens (tertiary/aromatic N) is 3. The van der Waals surface area contributed by atoms with E-state index in [0.29, 0.717) is 13.1 Å².